The number of aliphatic hydroxyl groups is 1. The van der Waals surface area contributed by atoms with Crippen molar-refractivity contribution in [1.29, 1.82) is 0 Å². The van der Waals surface area contributed by atoms with E-state index in [1.54, 1.807) is 0 Å². The zero-order valence-corrected chi connectivity index (χ0v) is 63.4. The third kappa shape index (κ3) is 69.7. The molecular formula is C77H144O17P2. The molecule has 0 fully saturated rings. The molecule has 0 aliphatic carbocycles. The van der Waals surface area contributed by atoms with Crippen LogP contribution in [0.15, 0.2) is 36.5 Å². The van der Waals surface area contributed by atoms with Gasteiger partial charge in [-0.15, -0.1) is 0 Å². The highest BCUT2D eigenvalue weighted by atomic mass is 31.2. The lowest BCUT2D eigenvalue weighted by molar-refractivity contribution is -0.161. The number of unbranched alkanes of at least 4 members (excludes halogenated alkanes) is 43. The summed E-state index contributed by atoms with van der Waals surface area (Å²) < 4.78 is 68.5. The molecule has 19 heteroatoms. The Morgan fingerprint density at radius 3 is 0.729 bits per heavy atom. The zero-order chi connectivity index (χ0) is 70.4. The molecule has 0 saturated heterocycles. The topological polar surface area (TPSA) is 237 Å². The van der Waals surface area contributed by atoms with Gasteiger partial charge in [-0.25, -0.2) is 9.13 Å². The molecule has 0 bridgehead atoms. The van der Waals surface area contributed by atoms with Crippen LogP contribution in [0.1, 0.15) is 374 Å². The predicted molar refractivity (Wildman–Crippen MR) is 391 cm³/mol. The lowest BCUT2D eigenvalue weighted by atomic mass is 10.0. The van der Waals surface area contributed by atoms with E-state index in [4.69, 9.17) is 37.0 Å². The largest absolute Gasteiger partial charge is 0.472 e. The fraction of sp³-hybridized carbons (Fsp3) is 0.870. The van der Waals surface area contributed by atoms with E-state index in [1.165, 1.54) is 154 Å². The smallest absolute Gasteiger partial charge is 0.462 e. The van der Waals surface area contributed by atoms with Crippen molar-refractivity contribution in [2.45, 2.75) is 393 Å². The van der Waals surface area contributed by atoms with Crippen molar-refractivity contribution in [3.8, 4) is 0 Å². The molecule has 5 atom stereocenters. The van der Waals surface area contributed by atoms with Crippen LogP contribution in [-0.4, -0.2) is 96.7 Å². The van der Waals surface area contributed by atoms with Crippen molar-refractivity contribution in [3.05, 3.63) is 36.5 Å². The summed E-state index contributed by atoms with van der Waals surface area (Å²) in [5.74, 6) is -2.16. The minimum atomic E-state index is -4.97. The molecular weight excluding hydrogens is 1260 g/mol. The second-order valence-electron chi connectivity index (χ2n) is 26.7. The fourth-order valence-corrected chi connectivity index (χ4v) is 12.6. The number of hydrogen-bond donors (Lipinski definition) is 3. The van der Waals surface area contributed by atoms with E-state index < -0.39 is 97.5 Å². The van der Waals surface area contributed by atoms with Gasteiger partial charge in [-0.3, -0.25) is 37.3 Å². The molecule has 0 aromatic rings. The van der Waals surface area contributed by atoms with Crippen LogP contribution in [0, 0.1) is 0 Å². The Kier molecular flexibility index (Phi) is 68.7. The Labute approximate surface area is 585 Å². The maximum atomic E-state index is 13.1. The van der Waals surface area contributed by atoms with Crippen LogP contribution in [0.4, 0.5) is 0 Å². The molecule has 0 radical (unpaired) electrons. The summed E-state index contributed by atoms with van der Waals surface area (Å²) in [4.78, 5) is 72.8. The van der Waals surface area contributed by atoms with Gasteiger partial charge < -0.3 is 33.8 Å². The number of ether oxygens (including phenoxy) is 4. The molecule has 0 rings (SSSR count). The van der Waals surface area contributed by atoms with E-state index in [9.17, 15) is 43.2 Å². The molecule has 0 saturated carbocycles. The van der Waals surface area contributed by atoms with Gasteiger partial charge in [0, 0.05) is 25.7 Å². The maximum absolute atomic E-state index is 13.1. The van der Waals surface area contributed by atoms with Crippen molar-refractivity contribution in [1.82, 2.24) is 0 Å². The quantitative estimate of drug-likeness (QED) is 0.0169. The SMILES string of the molecule is CCCCCC/C=C\CCCCCCCC(=O)OC[C@H](COP(=O)(O)OC[C@@H](O)COP(=O)(O)OC[C@@H](COC(=O)CCCCCCC/C=C\CCCCCC)OC(=O)CCCCCCCCCCCCCCCCC)OC(=O)CCCCCCC/C=C\CCCCCCCC. The van der Waals surface area contributed by atoms with Gasteiger partial charge in [0.2, 0.25) is 0 Å². The first kappa shape index (κ1) is 93.3. The van der Waals surface area contributed by atoms with Crippen LogP contribution in [-0.2, 0) is 65.4 Å². The number of carbonyl (C=O) groups is 4. The van der Waals surface area contributed by atoms with Gasteiger partial charge in [0.25, 0.3) is 0 Å². The zero-order valence-electron chi connectivity index (χ0n) is 61.6. The van der Waals surface area contributed by atoms with Crippen LogP contribution in [0.5, 0.6) is 0 Å². The summed E-state index contributed by atoms with van der Waals surface area (Å²) in [6, 6.07) is 0. The van der Waals surface area contributed by atoms with E-state index >= 15 is 0 Å². The number of allylic oxidation sites excluding steroid dienone is 6. The predicted octanol–water partition coefficient (Wildman–Crippen LogP) is 22.3. The summed E-state index contributed by atoms with van der Waals surface area (Å²) in [6.07, 6.45) is 65.5. The van der Waals surface area contributed by atoms with Crippen LogP contribution in [0.2, 0.25) is 0 Å². The number of esters is 4. The molecule has 0 aliphatic rings. The monoisotopic (exact) mass is 1400 g/mol. The fourth-order valence-electron chi connectivity index (χ4n) is 11.0. The number of phosphoric acid groups is 2. The minimum absolute atomic E-state index is 0.0896. The maximum Gasteiger partial charge on any atom is 0.472 e. The van der Waals surface area contributed by atoms with Gasteiger partial charge >= 0.3 is 39.5 Å². The molecule has 0 heterocycles. The second-order valence-corrected chi connectivity index (χ2v) is 29.6. The number of aliphatic hydroxyl groups excluding tert-OH is 1. The Morgan fingerprint density at radius 1 is 0.281 bits per heavy atom. The molecule has 17 nitrogen and oxygen atoms in total. The highest BCUT2D eigenvalue weighted by molar-refractivity contribution is 7.47. The van der Waals surface area contributed by atoms with E-state index in [0.29, 0.717) is 25.7 Å². The molecule has 0 amide bonds. The van der Waals surface area contributed by atoms with Gasteiger partial charge in [0.15, 0.2) is 12.2 Å². The molecule has 0 aromatic carbocycles. The normalized spacial score (nSPS) is 14.1. The molecule has 0 aromatic heterocycles. The van der Waals surface area contributed by atoms with Crippen molar-refractivity contribution in [2.24, 2.45) is 0 Å². The molecule has 564 valence electrons. The average molecular weight is 1400 g/mol. The van der Waals surface area contributed by atoms with Crippen molar-refractivity contribution in [2.75, 3.05) is 39.6 Å². The first-order valence-corrected chi connectivity index (χ1v) is 42.2. The number of rotatable bonds is 75. The molecule has 0 aliphatic heterocycles. The van der Waals surface area contributed by atoms with Gasteiger partial charge in [0.05, 0.1) is 26.4 Å². The van der Waals surface area contributed by atoms with E-state index in [-0.39, 0.29) is 25.7 Å². The van der Waals surface area contributed by atoms with E-state index in [1.807, 2.05) is 0 Å². The van der Waals surface area contributed by atoms with E-state index in [0.717, 1.165) is 141 Å². The van der Waals surface area contributed by atoms with Crippen molar-refractivity contribution >= 4 is 39.5 Å². The summed E-state index contributed by atoms with van der Waals surface area (Å²) in [6.45, 7) is 4.89. The van der Waals surface area contributed by atoms with Gasteiger partial charge in [-0.05, 0) is 103 Å². The summed E-state index contributed by atoms with van der Waals surface area (Å²) in [5, 5.41) is 10.6. The summed E-state index contributed by atoms with van der Waals surface area (Å²) in [7, 11) is -9.93. The van der Waals surface area contributed by atoms with Crippen LogP contribution in [0.25, 0.3) is 0 Å². The lowest BCUT2D eigenvalue weighted by Crippen LogP contribution is -2.30. The standard InChI is InChI=1S/C77H144O17P2/c1-5-9-13-17-21-25-29-33-35-39-43-47-51-55-59-63-76(81)93-72(67-87-74(79)61-57-53-49-45-41-37-31-27-23-19-15-11-7-3)69-91-95(83,84)89-65-71(78)66-90-96(85,86)92-70-73(68-88-75(80)62-58-54-50-46-42-38-32-28-24-20-16-12-8-4)94-77(82)64-60-56-52-48-44-40-36-34-30-26-22-18-14-10-6-2/h27-28,31-33,35,71-73,78H,5-26,29-30,34,36-70H2,1-4H3,(H,83,84)(H,85,86)/b31-27-,32-28-,35-33-/t71-,72-,73-/m1/s1. The van der Waals surface area contributed by atoms with Crippen LogP contribution < -0.4 is 0 Å². The molecule has 96 heavy (non-hydrogen) atoms. The summed E-state index contributed by atoms with van der Waals surface area (Å²) >= 11 is 0. The van der Waals surface area contributed by atoms with Gasteiger partial charge in [-0.2, -0.15) is 0 Å². The van der Waals surface area contributed by atoms with Crippen LogP contribution in [0.3, 0.4) is 0 Å². The third-order valence-corrected chi connectivity index (χ3v) is 19.0. The number of carbonyl (C=O) groups excluding carboxylic acids is 4. The van der Waals surface area contributed by atoms with Crippen molar-refractivity contribution < 1.29 is 80.2 Å². The van der Waals surface area contributed by atoms with Crippen LogP contribution >= 0.6 is 15.6 Å². The number of phosphoric ester groups is 2. The van der Waals surface area contributed by atoms with Gasteiger partial charge in [0.1, 0.15) is 19.3 Å². The number of hydrogen-bond acceptors (Lipinski definition) is 15. The molecule has 0 spiro atoms. The first-order chi connectivity index (χ1) is 46.7. The van der Waals surface area contributed by atoms with Crippen molar-refractivity contribution in [3.63, 3.8) is 0 Å². The molecule has 2 unspecified atom stereocenters. The Morgan fingerprint density at radius 2 is 0.479 bits per heavy atom. The average Bonchev–Trinajstić information content (AvgIpc) is 1.18. The Balaban J connectivity index is 5.31. The first-order valence-electron chi connectivity index (χ1n) is 39.2. The Bertz CT molecular complexity index is 1970. The highest BCUT2D eigenvalue weighted by Gasteiger charge is 2.30. The second kappa shape index (κ2) is 70.7. The van der Waals surface area contributed by atoms with Gasteiger partial charge in [-0.1, -0.05) is 282 Å². The lowest BCUT2D eigenvalue weighted by Gasteiger charge is -2.21. The van der Waals surface area contributed by atoms with E-state index in [2.05, 4.69) is 64.2 Å². The third-order valence-electron chi connectivity index (χ3n) is 17.1. The Hall–Kier alpha value is -2.72. The minimum Gasteiger partial charge on any atom is -0.462 e. The highest BCUT2D eigenvalue weighted by Crippen LogP contribution is 2.45. The summed E-state index contributed by atoms with van der Waals surface area (Å²) in [5.41, 5.74) is 0. The molecule has 3 N–H and O–H groups in total.